The molecule has 1 aromatic carbocycles. The van der Waals surface area contributed by atoms with Gasteiger partial charge in [-0.25, -0.2) is 0 Å². The summed E-state index contributed by atoms with van der Waals surface area (Å²) in [4.78, 5) is 10.4. The molecule has 2 rings (SSSR count). The second-order valence-electron chi connectivity index (χ2n) is 5.18. The maximum atomic E-state index is 10.4. The Morgan fingerprint density at radius 1 is 1.14 bits per heavy atom. The Bertz CT molecular complexity index is 468. The van der Waals surface area contributed by atoms with Crippen LogP contribution in [0, 0.1) is 5.92 Å². The molecule has 22 heavy (non-hydrogen) atoms. The zero-order chi connectivity index (χ0) is 16.0. The first-order valence-electron chi connectivity index (χ1n) is 6.93. The molecule has 2 unspecified atom stereocenters. The van der Waals surface area contributed by atoms with E-state index in [2.05, 4.69) is 24.5 Å². The number of carbonyl (C=O) groups excluding carboxylic acids is 1. The summed E-state index contributed by atoms with van der Waals surface area (Å²) in [6.45, 7) is 8.00. The van der Waals surface area contributed by atoms with Crippen LogP contribution < -0.4 is 14.8 Å². The Morgan fingerprint density at radius 2 is 1.73 bits per heavy atom. The standard InChI is InChI=1S/C11H15O2.C5H10N2O.Y/c1-8(2)9-5-6-10(12-3)11(7-9)13-4;1-3-4(2)7-5(8)6-3;/h5-7H,1-4H3;3-4H,1-2H3,(H2,6,7,8);/q-1;;+3/p-1. The van der Waals surface area contributed by atoms with Gasteiger partial charge in [0, 0.05) is 0 Å². The monoisotopic (exact) mass is 381 g/mol. The first-order valence-corrected chi connectivity index (χ1v) is 6.93. The number of urea groups is 1. The summed E-state index contributed by atoms with van der Waals surface area (Å²) in [5.41, 5.74) is 1.18. The van der Waals surface area contributed by atoms with Crippen LogP contribution in [0.2, 0.25) is 0 Å². The van der Waals surface area contributed by atoms with Gasteiger partial charge in [-0.15, -0.1) is 6.07 Å². The molecular weight excluding hydrogens is 357 g/mol. The molecule has 0 bridgehead atoms. The smallest absolute Gasteiger partial charge is 0.506 e. The fourth-order valence-electron chi connectivity index (χ4n) is 1.80. The van der Waals surface area contributed by atoms with Crippen molar-refractivity contribution >= 4 is 6.03 Å². The van der Waals surface area contributed by atoms with Gasteiger partial charge in [0.2, 0.25) is 0 Å². The zero-order valence-electron chi connectivity index (χ0n) is 14.1. The summed E-state index contributed by atoms with van der Waals surface area (Å²) >= 11 is 0. The van der Waals surface area contributed by atoms with E-state index in [1.54, 1.807) is 14.2 Å². The van der Waals surface area contributed by atoms with E-state index in [0.717, 1.165) is 11.5 Å². The summed E-state index contributed by atoms with van der Waals surface area (Å²) in [5.74, 6) is 2.81. The molecule has 118 valence electrons. The number of benzene rings is 1. The van der Waals surface area contributed by atoms with E-state index in [1.165, 1.54) is 11.5 Å². The Labute approximate surface area is 158 Å². The average molecular weight is 381 g/mol. The molecule has 0 spiro atoms. The van der Waals surface area contributed by atoms with Crippen LogP contribution in [0.3, 0.4) is 0 Å². The number of methoxy groups -OCH3 is 2. The van der Waals surface area contributed by atoms with Gasteiger partial charge in [0.15, 0.2) is 6.03 Å². The van der Waals surface area contributed by atoms with Gasteiger partial charge in [-0.3, -0.25) is 4.79 Å². The molecular formula is C16H24N2O3Y+. The van der Waals surface area contributed by atoms with Crippen molar-refractivity contribution in [3.63, 3.8) is 0 Å². The Kier molecular flexibility index (Phi) is 9.53. The summed E-state index contributed by atoms with van der Waals surface area (Å²) in [6.07, 6.45) is 0. The predicted molar refractivity (Wildman–Crippen MR) is 84.1 cm³/mol. The summed E-state index contributed by atoms with van der Waals surface area (Å²) in [7, 11) is 3.28. The minimum absolute atomic E-state index is 0. The first-order chi connectivity index (χ1) is 9.88. The number of nitrogens with zero attached hydrogens (tertiary/aromatic N) is 1. The quantitative estimate of drug-likeness (QED) is 0.815. The molecule has 1 heterocycles. The molecule has 1 fully saturated rings. The number of rotatable bonds is 3. The molecule has 5 nitrogen and oxygen atoms in total. The van der Waals surface area contributed by atoms with Crippen molar-refractivity contribution < 1.29 is 47.0 Å². The molecule has 2 atom stereocenters. The van der Waals surface area contributed by atoms with Crippen LogP contribution >= 0.6 is 0 Å². The van der Waals surface area contributed by atoms with E-state index in [4.69, 9.17) is 9.47 Å². The molecule has 0 saturated carbocycles. The van der Waals surface area contributed by atoms with Gasteiger partial charge >= 0.3 is 32.7 Å². The van der Waals surface area contributed by atoms with Crippen molar-refractivity contribution in [3.8, 4) is 11.5 Å². The maximum absolute atomic E-state index is 10.4. The third-order valence-electron chi connectivity index (χ3n) is 3.36. The number of hydrogen-bond acceptors (Lipinski definition) is 3. The van der Waals surface area contributed by atoms with Crippen LogP contribution in [0.15, 0.2) is 18.2 Å². The van der Waals surface area contributed by atoms with Crippen molar-refractivity contribution in [2.45, 2.75) is 39.8 Å². The molecule has 0 aliphatic carbocycles. The van der Waals surface area contributed by atoms with Gasteiger partial charge in [-0.2, -0.15) is 17.5 Å². The molecule has 0 radical (unpaired) electrons. The second kappa shape index (κ2) is 9.96. The van der Waals surface area contributed by atoms with Gasteiger partial charge in [0.1, 0.15) is 11.5 Å². The zero-order valence-corrected chi connectivity index (χ0v) is 17.0. The topological polar surface area (TPSA) is 61.7 Å². The van der Waals surface area contributed by atoms with E-state index in [-0.39, 0.29) is 50.8 Å². The van der Waals surface area contributed by atoms with E-state index < -0.39 is 0 Å². The Balaban J connectivity index is 0.000000423. The molecule has 1 aliphatic rings. The van der Waals surface area contributed by atoms with Crippen molar-refractivity contribution in [1.82, 2.24) is 5.32 Å². The van der Waals surface area contributed by atoms with Gasteiger partial charge in [0.05, 0.1) is 14.2 Å². The van der Waals surface area contributed by atoms with Gasteiger partial charge < -0.3 is 20.1 Å². The van der Waals surface area contributed by atoms with Crippen LogP contribution in [0.4, 0.5) is 4.79 Å². The molecule has 0 aromatic heterocycles. The van der Waals surface area contributed by atoms with Gasteiger partial charge in [-0.05, 0) is 12.1 Å². The molecule has 2 amide bonds. The average Bonchev–Trinajstić information content (AvgIpc) is 2.75. The number of ether oxygens (including phenoxy) is 2. The number of hydrogen-bond donors (Lipinski definition) is 1. The number of carbonyl (C=O) groups is 1. The fraction of sp³-hybridized carbons (Fsp3) is 0.500. The van der Waals surface area contributed by atoms with E-state index in [0.29, 0.717) is 0 Å². The second-order valence-corrected chi connectivity index (χ2v) is 5.18. The van der Waals surface area contributed by atoms with Crippen LogP contribution in [0.1, 0.15) is 33.3 Å². The molecule has 6 heteroatoms. The predicted octanol–water partition coefficient (Wildman–Crippen LogP) is 3.52. The van der Waals surface area contributed by atoms with Crippen LogP contribution in [-0.4, -0.2) is 32.3 Å². The molecule has 1 N–H and O–H groups in total. The van der Waals surface area contributed by atoms with E-state index in [9.17, 15) is 4.79 Å². The summed E-state index contributed by atoms with van der Waals surface area (Å²) in [5, 5.41) is 6.38. The first kappa shape index (κ1) is 21.1. The van der Waals surface area contributed by atoms with Crippen LogP contribution in [0.5, 0.6) is 11.5 Å². The largest absolute Gasteiger partial charge is 3.00 e. The number of nitrogens with one attached hydrogen (secondary N) is 1. The summed E-state index contributed by atoms with van der Waals surface area (Å²) in [6, 6.07) is 6.13. The third-order valence-corrected chi connectivity index (χ3v) is 3.36. The fourth-order valence-corrected chi connectivity index (χ4v) is 1.80. The van der Waals surface area contributed by atoms with Crippen molar-refractivity contribution in [2.24, 2.45) is 0 Å². The van der Waals surface area contributed by atoms with Crippen molar-refractivity contribution in [3.05, 3.63) is 35.0 Å². The Hall–Kier alpha value is -0.936. The maximum Gasteiger partial charge on any atom is 3.00 e. The van der Waals surface area contributed by atoms with Crippen LogP contribution in [-0.2, 0) is 32.7 Å². The third kappa shape index (κ3) is 6.05. The molecule has 1 aromatic rings. The minimum Gasteiger partial charge on any atom is -0.506 e. The van der Waals surface area contributed by atoms with E-state index >= 15 is 0 Å². The summed E-state index contributed by atoms with van der Waals surface area (Å²) < 4.78 is 10.3. The molecule has 1 saturated heterocycles. The SMILES string of the molecule is CC1[N-]C(=O)NC1C.COc1ccc([C-](C)C)cc1OC.[Y+3]. The van der Waals surface area contributed by atoms with Gasteiger partial charge in [0.25, 0.3) is 0 Å². The van der Waals surface area contributed by atoms with Crippen molar-refractivity contribution in [1.29, 1.82) is 0 Å². The number of amides is 2. The van der Waals surface area contributed by atoms with E-state index in [1.807, 2.05) is 32.0 Å². The van der Waals surface area contributed by atoms with Crippen molar-refractivity contribution in [2.75, 3.05) is 14.2 Å². The van der Waals surface area contributed by atoms with Gasteiger partial charge in [-0.1, -0.05) is 33.8 Å². The van der Waals surface area contributed by atoms with Crippen LogP contribution in [0.25, 0.3) is 5.32 Å². The minimum atomic E-state index is -0.176. The molecule has 1 aliphatic heterocycles. The Morgan fingerprint density at radius 3 is 2.05 bits per heavy atom. The normalized spacial score (nSPS) is 18.9.